The molecule has 0 radical (unpaired) electrons. The molecule has 3 N–H and O–H groups in total. The number of unbranched alkanes of at least 4 members (excludes halogenated alkanes) is 2. The monoisotopic (exact) mass is 270 g/mol. The molecule has 0 aromatic carbocycles. The normalized spacial score (nSPS) is 22.8. The topological polar surface area (TPSA) is 78.4 Å². The summed E-state index contributed by atoms with van der Waals surface area (Å²) in [6.45, 7) is 3.52. The molecule has 0 aromatic heterocycles. The summed E-state index contributed by atoms with van der Waals surface area (Å²) in [5, 5.41) is 14.6. The number of carbonyl (C=O) groups is 2. The van der Waals surface area contributed by atoms with E-state index >= 15 is 0 Å². The summed E-state index contributed by atoms with van der Waals surface area (Å²) < 4.78 is 0. The van der Waals surface area contributed by atoms with Crippen molar-refractivity contribution in [2.45, 2.75) is 51.9 Å². The molecule has 0 saturated heterocycles. The molecular formula is C14H26N2O3. The van der Waals surface area contributed by atoms with Gasteiger partial charge in [-0.3, -0.25) is 4.79 Å². The van der Waals surface area contributed by atoms with Gasteiger partial charge in [-0.05, 0) is 38.0 Å². The summed E-state index contributed by atoms with van der Waals surface area (Å²) in [6.07, 6.45) is 6.57. The van der Waals surface area contributed by atoms with Crippen LogP contribution in [0.1, 0.15) is 51.9 Å². The maximum absolute atomic E-state index is 11.5. The number of hydrogen-bond donors (Lipinski definition) is 3. The van der Waals surface area contributed by atoms with Crippen molar-refractivity contribution in [3.05, 3.63) is 0 Å². The number of aliphatic carboxylic acids is 1. The van der Waals surface area contributed by atoms with Crippen LogP contribution in [0.25, 0.3) is 0 Å². The average molecular weight is 270 g/mol. The van der Waals surface area contributed by atoms with Crippen LogP contribution >= 0.6 is 0 Å². The van der Waals surface area contributed by atoms with Crippen LogP contribution in [-0.2, 0) is 4.79 Å². The minimum Gasteiger partial charge on any atom is -0.481 e. The molecule has 0 spiro atoms. The molecule has 0 heterocycles. The van der Waals surface area contributed by atoms with Crippen LogP contribution in [0, 0.1) is 11.8 Å². The van der Waals surface area contributed by atoms with Crippen LogP contribution in [0.3, 0.4) is 0 Å². The van der Waals surface area contributed by atoms with Gasteiger partial charge in [0.25, 0.3) is 0 Å². The molecule has 5 nitrogen and oxygen atoms in total. The van der Waals surface area contributed by atoms with Crippen molar-refractivity contribution in [1.29, 1.82) is 0 Å². The fourth-order valence-electron chi connectivity index (χ4n) is 2.49. The van der Waals surface area contributed by atoms with Gasteiger partial charge in [-0.15, -0.1) is 0 Å². The molecule has 1 aliphatic rings. The molecule has 19 heavy (non-hydrogen) atoms. The van der Waals surface area contributed by atoms with Gasteiger partial charge in [0.15, 0.2) is 0 Å². The zero-order valence-corrected chi connectivity index (χ0v) is 11.8. The second kappa shape index (κ2) is 8.77. The summed E-state index contributed by atoms with van der Waals surface area (Å²) in [4.78, 5) is 22.3. The second-order valence-electron chi connectivity index (χ2n) is 5.40. The fourth-order valence-corrected chi connectivity index (χ4v) is 2.49. The van der Waals surface area contributed by atoms with E-state index in [0.717, 1.165) is 51.5 Å². The predicted octanol–water partition coefficient (Wildman–Crippen LogP) is 2.37. The summed E-state index contributed by atoms with van der Waals surface area (Å²) in [7, 11) is 0. The smallest absolute Gasteiger partial charge is 0.314 e. The van der Waals surface area contributed by atoms with Crippen LogP contribution in [0.4, 0.5) is 4.79 Å². The van der Waals surface area contributed by atoms with Crippen molar-refractivity contribution in [3.63, 3.8) is 0 Å². The van der Waals surface area contributed by atoms with Gasteiger partial charge in [0.05, 0.1) is 5.92 Å². The lowest BCUT2D eigenvalue weighted by Crippen LogP contribution is -2.39. The van der Waals surface area contributed by atoms with Gasteiger partial charge in [0.2, 0.25) is 0 Å². The Morgan fingerprint density at radius 3 is 2.37 bits per heavy atom. The van der Waals surface area contributed by atoms with Crippen molar-refractivity contribution < 1.29 is 14.7 Å². The third-order valence-electron chi connectivity index (χ3n) is 3.81. The van der Waals surface area contributed by atoms with Crippen LogP contribution in [-0.4, -0.2) is 30.2 Å². The van der Waals surface area contributed by atoms with Crippen LogP contribution in [0.15, 0.2) is 0 Å². The highest BCUT2D eigenvalue weighted by molar-refractivity contribution is 5.73. The Kier molecular flexibility index (Phi) is 7.30. The van der Waals surface area contributed by atoms with Crippen molar-refractivity contribution in [2.75, 3.05) is 13.1 Å². The minimum absolute atomic E-state index is 0.100. The molecule has 1 fully saturated rings. The molecule has 0 aromatic rings. The zero-order chi connectivity index (χ0) is 14.1. The first kappa shape index (κ1) is 15.8. The number of carbonyl (C=O) groups excluding carboxylic acids is 1. The molecule has 0 unspecified atom stereocenters. The number of rotatable bonds is 7. The zero-order valence-electron chi connectivity index (χ0n) is 11.8. The van der Waals surface area contributed by atoms with Gasteiger partial charge < -0.3 is 15.7 Å². The Bertz CT molecular complexity index is 286. The Balaban J connectivity index is 2.06. The summed E-state index contributed by atoms with van der Waals surface area (Å²) in [5.41, 5.74) is 0. The van der Waals surface area contributed by atoms with Gasteiger partial charge >= 0.3 is 12.0 Å². The molecule has 110 valence electrons. The maximum atomic E-state index is 11.5. The standard InChI is InChI=1S/C14H26N2O3/c1-2-3-4-9-15-14(19)16-10-11-5-7-12(8-6-11)13(17)18/h11-12H,2-10H2,1H3,(H,17,18)(H2,15,16,19). The molecule has 0 bridgehead atoms. The molecule has 2 amide bonds. The SMILES string of the molecule is CCCCCNC(=O)NCC1CCC(C(=O)O)CC1. The minimum atomic E-state index is -0.680. The predicted molar refractivity (Wildman–Crippen MR) is 74.0 cm³/mol. The van der Waals surface area contributed by atoms with Gasteiger partial charge in [0.1, 0.15) is 0 Å². The number of nitrogens with one attached hydrogen (secondary N) is 2. The molecule has 0 atom stereocenters. The van der Waals surface area contributed by atoms with Crippen molar-refractivity contribution in [3.8, 4) is 0 Å². The maximum Gasteiger partial charge on any atom is 0.314 e. The van der Waals surface area contributed by atoms with E-state index < -0.39 is 5.97 Å². The quantitative estimate of drug-likeness (QED) is 0.621. The summed E-state index contributed by atoms with van der Waals surface area (Å²) in [5.74, 6) is -0.434. The Morgan fingerprint density at radius 2 is 1.79 bits per heavy atom. The molecule has 1 aliphatic carbocycles. The highest BCUT2D eigenvalue weighted by atomic mass is 16.4. The van der Waals surface area contributed by atoms with E-state index in [4.69, 9.17) is 5.11 Å². The van der Waals surface area contributed by atoms with E-state index in [2.05, 4.69) is 17.6 Å². The first-order valence-corrected chi connectivity index (χ1v) is 7.38. The molecule has 1 saturated carbocycles. The first-order valence-electron chi connectivity index (χ1n) is 7.38. The van der Waals surface area contributed by atoms with E-state index in [9.17, 15) is 9.59 Å². The number of urea groups is 1. The van der Waals surface area contributed by atoms with Crippen LogP contribution in [0.5, 0.6) is 0 Å². The Hall–Kier alpha value is -1.26. The van der Waals surface area contributed by atoms with E-state index in [1.54, 1.807) is 0 Å². The Labute approximate surface area is 115 Å². The lowest BCUT2D eigenvalue weighted by Gasteiger charge is -2.26. The van der Waals surface area contributed by atoms with Crippen LogP contribution < -0.4 is 10.6 Å². The highest BCUT2D eigenvalue weighted by Crippen LogP contribution is 2.28. The largest absolute Gasteiger partial charge is 0.481 e. The van der Waals surface area contributed by atoms with Crippen LogP contribution in [0.2, 0.25) is 0 Å². The Morgan fingerprint density at radius 1 is 1.11 bits per heavy atom. The average Bonchev–Trinajstić information content (AvgIpc) is 2.42. The van der Waals surface area contributed by atoms with E-state index in [1.165, 1.54) is 0 Å². The molecule has 1 rings (SSSR count). The van der Waals surface area contributed by atoms with Crippen molar-refractivity contribution in [2.24, 2.45) is 11.8 Å². The summed E-state index contributed by atoms with van der Waals surface area (Å²) >= 11 is 0. The van der Waals surface area contributed by atoms with Gasteiger partial charge in [-0.25, -0.2) is 4.79 Å². The fraction of sp³-hybridized carbons (Fsp3) is 0.857. The lowest BCUT2D eigenvalue weighted by molar-refractivity contribution is -0.143. The van der Waals surface area contributed by atoms with Gasteiger partial charge in [-0.2, -0.15) is 0 Å². The van der Waals surface area contributed by atoms with Gasteiger partial charge in [-0.1, -0.05) is 19.8 Å². The first-order chi connectivity index (χ1) is 9.13. The number of amides is 2. The second-order valence-corrected chi connectivity index (χ2v) is 5.40. The third-order valence-corrected chi connectivity index (χ3v) is 3.81. The van der Waals surface area contributed by atoms with E-state index in [1.807, 2.05) is 0 Å². The number of hydrogen-bond acceptors (Lipinski definition) is 2. The van der Waals surface area contributed by atoms with Crippen molar-refractivity contribution >= 4 is 12.0 Å². The van der Waals surface area contributed by atoms with E-state index in [-0.39, 0.29) is 11.9 Å². The molecule has 5 heteroatoms. The number of carboxylic acid groups (broad SMARTS) is 1. The van der Waals surface area contributed by atoms with Gasteiger partial charge in [0, 0.05) is 13.1 Å². The lowest BCUT2D eigenvalue weighted by atomic mass is 9.82. The third kappa shape index (κ3) is 6.45. The van der Waals surface area contributed by atoms with Crippen molar-refractivity contribution in [1.82, 2.24) is 10.6 Å². The highest BCUT2D eigenvalue weighted by Gasteiger charge is 2.25. The molecule has 0 aliphatic heterocycles. The van der Waals surface area contributed by atoms with E-state index in [0.29, 0.717) is 12.5 Å². The molecular weight excluding hydrogens is 244 g/mol. The number of carboxylic acids is 1. The summed E-state index contributed by atoms with van der Waals surface area (Å²) in [6, 6.07) is -0.100.